The molecule has 0 radical (unpaired) electrons. The van der Waals surface area contributed by atoms with E-state index in [0.717, 1.165) is 0 Å². The number of benzene rings is 1. The zero-order valence-electron chi connectivity index (χ0n) is 9.81. The Morgan fingerprint density at radius 2 is 2.24 bits per heavy atom. The molecule has 1 aromatic carbocycles. The van der Waals surface area contributed by atoms with Gasteiger partial charge in [0.1, 0.15) is 0 Å². The van der Waals surface area contributed by atoms with Gasteiger partial charge >= 0.3 is 0 Å². The summed E-state index contributed by atoms with van der Waals surface area (Å²) in [5.41, 5.74) is 0.688. The van der Waals surface area contributed by atoms with E-state index in [1.54, 1.807) is 31.2 Å². The number of halogens is 1. The van der Waals surface area contributed by atoms with Crippen molar-refractivity contribution >= 4 is 35.0 Å². The topological polar surface area (TPSA) is 49.3 Å². The fourth-order valence-corrected chi connectivity index (χ4v) is 2.06. The van der Waals surface area contributed by atoms with Crippen LogP contribution in [0.5, 0.6) is 0 Å². The molecule has 5 heteroatoms. The number of carbonyl (C=O) groups excluding carboxylic acids is 1. The second-order valence-electron chi connectivity index (χ2n) is 3.82. The highest BCUT2D eigenvalue weighted by Crippen LogP contribution is 2.17. The fourth-order valence-electron chi connectivity index (χ4n) is 1.11. The molecule has 0 saturated heterocycles. The standard InChI is InChI=1S/C12H16ClNO2S/c1-8(15)9(2)17-7-12(16)14-11-5-3-4-10(13)6-11/h3-6,8-9,15H,7H2,1-2H3,(H,14,16). The van der Waals surface area contributed by atoms with Crippen LogP contribution in [0, 0.1) is 0 Å². The molecule has 3 nitrogen and oxygen atoms in total. The molecule has 1 amide bonds. The van der Waals surface area contributed by atoms with Crippen LogP contribution in [0.3, 0.4) is 0 Å². The lowest BCUT2D eigenvalue weighted by Crippen LogP contribution is -2.20. The average molecular weight is 274 g/mol. The summed E-state index contributed by atoms with van der Waals surface area (Å²) in [7, 11) is 0. The molecule has 0 aliphatic heterocycles. The number of aliphatic hydroxyl groups excluding tert-OH is 1. The van der Waals surface area contributed by atoms with E-state index in [0.29, 0.717) is 16.5 Å². The number of carbonyl (C=O) groups is 1. The molecule has 2 atom stereocenters. The predicted molar refractivity (Wildman–Crippen MR) is 73.7 cm³/mol. The van der Waals surface area contributed by atoms with E-state index in [1.807, 2.05) is 6.92 Å². The summed E-state index contributed by atoms with van der Waals surface area (Å²) >= 11 is 7.23. The van der Waals surface area contributed by atoms with Gasteiger partial charge in [0.25, 0.3) is 0 Å². The van der Waals surface area contributed by atoms with Crippen LogP contribution >= 0.6 is 23.4 Å². The highest BCUT2D eigenvalue weighted by Gasteiger charge is 2.11. The first kappa shape index (κ1) is 14.4. The summed E-state index contributed by atoms with van der Waals surface area (Å²) in [6, 6.07) is 7.01. The Labute approximate surface area is 111 Å². The molecular weight excluding hydrogens is 258 g/mol. The van der Waals surface area contributed by atoms with E-state index >= 15 is 0 Å². The first-order valence-corrected chi connectivity index (χ1v) is 6.77. The summed E-state index contributed by atoms with van der Waals surface area (Å²) in [6.07, 6.45) is -0.418. The molecule has 0 aliphatic carbocycles. The number of amides is 1. The minimum atomic E-state index is -0.418. The van der Waals surface area contributed by atoms with Gasteiger partial charge in [-0.25, -0.2) is 0 Å². The number of hydrogen-bond acceptors (Lipinski definition) is 3. The van der Waals surface area contributed by atoms with Gasteiger partial charge in [-0.15, -0.1) is 11.8 Å². The van der Waals surface area contributed by atoms with Crippen molar-refractivity contribution in [1.29, 1.82) is 0 Å². The van der Waals surface area contributed by atoms with Crippen molar-refractivity contribution in [3.8, 4) is 0 Å². The van der Waals surface area contributed by atoms with E-state index in [2.05, 4.69) is 5.32 Å². The SMILES string of the molecule is CC(O)C(C)SCC(=O)Nc1cccc(Cl)c1. The summed E-state index contributed by atoms with van der Waals surface area (Å²) in [4.78, 5) is 11.6. The van der Waals surface area contributed by atoms with Crippen molar-refractivity contribution < 1.29 is 9.90 Å². The Morgan fingerprint density at radius 3 is 2.82 bits per heavy atom. The van der Waals surface area contributed by atoms with Gasteiger partial charge in [0.2, 0.25) is 5.91 Å². The van der Waals surface area contributed by atoms with Gasteiger partial charge in [-0.3, -0.25) is 4.79 Å². The van der Waals surface area contributed by atoms with E-state index in [1.165, 1.54) is 11.8 Å². The van der Waals surface area contributed by atoms with Gasteiger partial charge < -0.3 is 10.4 Å². The smallest absolute Gasteiger partial charge is 0.234 e. The highest BCUT2D eigenvalue weighted by atomic mass is 35.5. The van der Waals surface area contributed by atoms with Crippen LogP contribution in [0.25, 0.3) is 0 Å². The minimum absolute atomic E-state index is 0.0418. The number of hydrogen-bond donors (Lipinski definition) is 2. The van der Waals surface area contributed by atoms with Gasteiger partial charge in [0, 0.05) is 16.0 Å². The molecule has 17 heavy (non-hydrogen) atoms. The molecule has 1 rings (SSSR count). The Bertz CT molecular complexity index is 385. The first-order chi connectivity index (χ1) is 7.99. The van der Waals surface area contributed by atoms with Crippen molar-refractivity contribution in [3.05, 3.63) is 29.3 Å². The second kappa shape index (κ2) is 6.89. The largest absolute Gasteiger partial charge is 0.392 e. The highest BCUT2D eigenvalue weighted by molar-refractivity contribution is 8.00. The van der Waals surface area contributed by atoms with Gasteiger partial charge in [0.15, 0.2) is 0 Å². The first-order valence-electron chi connectivity index (χ1n) is 5.34. The Morgan fingerprint density at radius 1 is 1.53 bits per heavy atom. The number of nitrogens with one attached hydrogen (secondary N) is 1. The summed E-state index contributed by atoms with van der Waals surface area (Å²) in [5, 5.41) is 12.7. The third kappa shape index (κ3) is 5.44. The van der Waals surface area contributed by atoms with E-state index in [9.17, 15) is 9.90 Å². The molecule has 0 heterocycles. The van der Waals surface area contributed by atoms with Crippen LogP contribution < -0.4 is 5.32 Å². The quantitative estimate of drug-likeness (QED) is 0.867. The van der Waals surface area contributed by atoms with Gasteiger partial charge in [-0.1, -0.05) is 24.6 Å². The molecule has 0 fully saturated rings. The molecule has 0 aromatic heterocycles. The minimum Gasteiger partial charge on any atom is -0.392 e. The van der Waals surface area contributed by atoms with E-state index < -0.39 is 6.10 Å². The Hall–Kier alpha value is -0.710. The lowest BCUT2D eigenvalue weighted by atomic mass is 10.3. The second-order valence-corrected chi connectivity index (χ2v) is 5.62. The monoisotopic (exact) mass is 273 g/mol. The fraction of sp³-hybridized carbons (Fsp3) is 0.417. The predicted octanol–water partition coefficient (Wildman–Crippen LogP) is 2.78. The van der Waals surface area contributed by atoms with Crippen molar-refractivity contribution in [3.63, 3.8) is 0 Å². The zero-order valence-corrected chi connectivity index (χ0v) is 11.4. The van der Waals surface area contributed by atoms with Crippen LogP contribution in [0.15, 0.2) is 24.3 Å². The van der Waals surface area contributed by atoms with Crippen molar-refractivity contribution in [2.45, 2.75) is 25.2 Å². The van der Waals surface area contributed by atoms with Gasteiger partial charge in [-0.2, -0.15) is 0 Å². The maximum Gasteiger partial charge on any atom is 0.234 e. The molecule has 0 aliphatic rings. The molecule has 2 N–H and O–H groups in total. The third-order valence-electron chi connectivity index (χ3n) is 2.27. The molecular formula is C12H16ClNO2S. The van der Waals surface area contributed by atoms with Gasteiger partial charge in [-0.05, 0) is 25.1 Å². The van der Waals surface area contributed by atoms with Crippen molar-refractivity contribution in [2.24, 2.45) is 0 Å². The third-order valence-corrected chi connectivity index (χ3v) is 3.85. The van der Waals surface area contributed by atoms with Crippen LogP contribution in [0.2, 0.25) is 5.02 Å². The summed E-state index contributed by atoms with van der Waals surface area (Å²) in [5.74, 6) is 0.225. The maximum absolute atomic E-state index is 11.6. The number of aliphatic hydroxyl groups is 1. The Balaban J connectivity index is 2.40. The van der Waals surface area contributed by atoms with Crippen LogP contribution in [0.1, 0.15) is 13.8 Å². The zero-order chi connectivity index (χ0) is 12.8. The number of thioether (sulfide) groups is 1. The van der Waals surface area contributed by atoms with E-state index in [4.69, 9.17) is 11.6 Å². The molecule has 0 bridgehead atoms. The summed E-state index contributed by atoms with van der Waals surface area (Å²) in [6.45, 7) is 3.61. The maximum atomic E-state index is 11.6. The number of rotatable bonds is 5. The molecule has 0 spiro atoms. The molecule has 2 unspecified atom stereocenters. The van der Waals surface area contributed by atoms with E-state index in [-0.39, 0.29) is 11.2 Å². The number of anilines is 1. The van der Waals surface area contributed by atoms with Crippen LogP contribution in [0.4, 0.5) is 5.69 Å². The Kier molecular flexibility index (Phi) is 5.82. The van der Waals surface area contributed by atoms with Crippen molar-refractivity contribution in [1.82, 2.24) is 0 Å². The lowest BCUT2D eigenvalue weighted by molar-refractivity contribution is -0.113. The van der Waals surface area contributed by atoms with Crippen LogP contribution in [-0.2, 0) is 4.79 Å². The lowest BCUT2D eigenvalue weighted by Gasteiger charge is -2.13. The molecule has 94 valence electrons. The van der Waals surface area contributed by atoms with Crippen LogP contribution in [-0.4, -0.2) is 28.1 Å². The van der Waals surface area contributed by atoms with Gasteiger partial charge in [0.05, 0.1) is 11.9 Å². The molecule has 0 saturated carbocycles. The average Bonchev–Trinajstić information content (AvgIpc) is 2.25. The normalized spacial score (nSPS) is 14.1. The van der Waals surface area contributed by atoms with Crippen molar-refractivity contribution in [2.75, 3.05) is 11.1 Å². The molecule has 1 aromatic rings. The summed E-state index contributed by atoms with van der Waals surface area (Å²) < 4.78 is 0.